The predicted molar refractivity (Wildman–Crippen MR) is 60.2 cm³/mol. The Kier molecular flexibility index (Phi) is 3.62. The molecule has 2 aliphatic heterocycles. The Morgan fingerprint density at radius 2 is 2.06 bits per heavy atom. The van der Waals surface area contributed by atoms with Crippen molar-refractivity contribution in [2.45, 2.75) is 31.2 Å². The lowest BCUT2D eigenvalue weighted by atomic mass is 9.85. The lowest BCUT2D eigenvalue weighted by Crippen LogP contribution is -2.60. The Bertz CT molecular complexity index is 259. The molecule has 1 atom stereocenters. The van der Waals surface area contributed by atoms with Gasteiger partial charge in [0.2, 0.25) is 0 Å². The predicted octanol–water partition coefficient (Wildman–Crippen LogP) is 0.439. The maximum absolute atomic E-state index is 12.5. The van der Waals surface area contributed by atoms with Gasteiger partial charge in [-0.05, 0) is 38.8 Å². The molecule has 4 nitrogen and oxygen atoms in total. The molecular weight excluding hydrogens is 206 g/mol. The SMILES string of the molecule is COC[C@]1(CO)C(=O)C2CCCN1CCC2. The smallest absolute Gasteiger partial charge is 0.160 e. The van der Waals surface area contributed by atoms with Gasteiger partial charge in [0.25, 0.3) is 0 Å². The molecule has 0 aliphatic carbocycles. The molecule has 2 bridgehead atoms. The number of Topliss-reactive ketones (excluding diaryl/α,β-unsaturated/α-hetero) is 1. The van der Waals surface area contributed by atoms with Gasteiger partial charge in [0.1, 0.15) is 5.54 Å². The van der Waals surface area contributed by atoms with Gasteiger partial charge in [-0.2, -0.15) is 0 Å². The van der Waals surface area contributed by atoms with Crippen LogP contribution in [0, 0.1) is 5.92 Å². The zero-order valence-corrected chi connectivity index (χ0v) is 9.95. The molecule has 2 rings (SSSR count). The van der Waals surface area contributed by atoms with Gasteiger partial charge in [-0.1, -0.05) is 0 Å². The highest BCUT2D eigenvalue weighted by atomic mass is 16.5. The van der Waals surface area contributed by atoms with Gasteiger partial charge in [0, 0.05) is 13.0 Å². The van der Waals surface area contributed by atoms with Crippen molar-refractivity contribution in [2.75, 3.05) is 33.4 Å². The van der Waals surface area contributed by atoms with E-state index in [0.29, 0.717) is 6.61 Å². The van der Waals surface area contributed by atoms with Crippen molar-refractivity contribution in [3.05, 3.63) is 0 Å². The zero-order chi connectivity index (χ0) is 11.6. The monoisotopic (exact) mass is 227 g/mol. The highest BCUT2D eigenvalue weighted by molar-refractivity contribution is 5.91. The molecule has 1 N–H and O–H groups in total. The Morgan fingerprint density at radius 3 is 2.56 bits per heavy atom. The third kappa shape index (κ3) is 1.79. The highest BCUT2D eigenvalue weighted by Gasteiger charge is 2.49. The van der Waals surface area contributed by atoms with Crippen LogP contribution in [0.25, 0.3) is 0 Å². The van der Waals surface area contributed by atoms with Crippen molar-refractivity contribution < 1.29 is 14.6 Å². The van der Waals surface area contributed by atoms with Crippen molar-refractivity contribution in [2.24, 2.45) is 5.92 Å². The third-order valence-corrected chi connectivity index (χ3v) is 4.04. The topological polar surface area (TPSA) is 49.8 Å². The Labute approximate surface area is 96.6 Å². The van der Waals surface area contributed by atoms with Crippen LogP contribution in [0.5, 0.6) is 0 Å². The second-order valence-corrected chi connectivity index (χ2v) is 4.96. The minimum atomic E-state index is -0.758. The molecule has 2 fully saturated rings. The molecule has 0 aromatic heterocycles. The summed E-state index contributed by atoms with van der Waals surface area (Å²) in [6.07, 6.45) is 4.06. The van der Waals surface area contributed by atoms with E-state index in [-0.39, 0.29) is 18.3 Å². The van der Waals surface area contributed by atoms with E-state index in [4.69, 9.17) is 4.74 Å². The molecule has 2 aliphatic rings. The molecule has 0 radical (unpaired) electrons. The van der Waals surface area contributed by atoms with E-state index in [1.54, 1.807) is 7.11 Å². The van der Waals surface area contributed by atoms with E-state index in [9.17, 15) is 9.90 Å². The van der Waals surface area contributed by atoms with Crippen LogP contribution in [0.3, 0.4) is 0 Å². The highest BCUT2D eigenvalue weighted by Crippen LogP contribution is 2.34. The number of hydrogen-bond donors (Lipinski definition) is 1. The number of methoxy groups -OCH3 is 1. The van der Waals surface area contributed by atoms with Crippen molar-refractivity contribution in [1.29, 1.82) is 0 Å². The molecule has 4 heteroatoms. The average Bonchev–Trinajstić information content (AvgIpc) is 2.44. The van der Waals surface area contributed by atoms with Crippen LogP contribution in [-0.2, 0) is 9.53 Å². The number of rotatable bonds is 3. The first-order valence-electron chi connectivity index (χ1n) is 6.14. The molecule has 0 unspecified atom stereocenters. The van der Waals surface area contributed by atoms with Gasteiger partial charge in [-0.3, -0.25) is 9.69 Å². The number of carbonyl (C=O) groups excluding carboxylic acids is 1. The van der Waals surface area contributed by atoms with Crippen LogP contribution < -0.4 is 0 Å². The van der Waals surface area contributed by atoms with Crippen molar-refractivity contribution in [3.63, 3.8) is 0 Å². The van der Waals surface area contributed by atoms with E-state index in [2.05, 4.69) is 4.90 Å². The number of ketones is 1. The molecule has 0 aromatic carbocycles. The number of hydrogen-bond acceptors (Lipinski definition) is 4. The van der Waals surface area contributed by atoms with Gasteiger partial charge in [-0.15, -0.1) is 0 Å². The average molecular weight is 227 g/mol. The van der Waals surface area contributed by atoms with E-state index in [1.807, 2.05) is 0 Å². The summed E-state index contributed by atoms with van der Waals surface area (Å²) in [7, 11) is 1.60. The van der Waals surface area contributed by atoms with Crippen molar-refractivity contribution in [1.82, 2.24) is 4.90 Å². The molecule has 0 spiro atoms. The van der Waals surface area contributed by atoms with Crippen molar-refractivity contribution in [3.8, 4) is 0 Å². The van der Waals surface area contributed by atoms with Crippen LogP contribution in [-0.4, -0.2) is 54.7 Å². The summed E-state index contributed by atoms with van der Waals surface area (Å²) in [6.45, 7) is 2.02. The number of fused-ring (bicyclic) bond motifs is 3. The fourth-order valence-corrected chi connectivity index (χ4v) is 3.16. The van der Waals surface area contributed by atoms with E-state index in [0.717, 1.165) is 38.8 Å². The molecule has 0 aromatic rings. The Morgan fingerprint density at radius 1 is 1.44 bits per heavy atom. The second-order valence-electron chi connectivity index (χ2n) is 4.96. The maximum Gasteiger partial charge on any atom is 0.160 e. The van der Waals surface area contributed by atoms with Crippen LogP contribution in [0.1, 0.15) is 25.7 Å². The van der Waals surface area contributed by atoms with Gasteiger partial charge in [0.05, 0.1) is 13.2 Å². The summed E-state index contributed by atoms with van der Waals surface area (Å²) in [5.41, 5.74) is -0.758. The summed E-state index contributed by atoms with van der Waals surface area (Å²) in [6, 6.07) is 0. The summed E-state index contributed by atoms with van der Waals surface area (Å²) in [5, 5.41) is 9.67. The molecular formula is C12H21NO3. The number of carbonyl (C=O) groups is 1. The Balaban J connectivity index is 2.34. The standard InChI is InChI=1S/C12H21NO3/c1-16-9-12(8-14)11(15)10-4-2-6-13(12)7-3-5-10/h10,14H,2-9H2,1H3/t12-/m1/s1. The third-order valence-electron chi connectivity index (χ3n) is 4.04. The largest absolute Gasteiger partial charge is 0.394 e. The minimum Gasteiger partial charge on any atom is -0.394 e. The second kappa shape index (κ2) is 4.82. The molecule has 0 saturated carbocycles. The fraction of sp³-hybridized carbons (Fsp3) is 0.917. The number of nitrogens with zero attached hydrogens (tertiary/aromatic N) is 1. The zero-order valence-electron chi connectivity index (χ0n) is 9.95. The van der Waals surface area contributed by atoms with Gasteiger partial charge in [-0.25, -0.2) is 0 Å². The maximum atomic E-state index is 12.5. The number of aliphatic hydroxyl groups excluding tert-OH is 1. The summed E-state index contributed by atoms with van der Waals surface area (Å²) >= 11 is 0. The van der Waals surface area contributed by atoms with Crippen LogP contribution >= 0.6 is 0 Å². The lowest BCUT2D eigenvalue weighted by molar-refractivity contribution is -0.139. The van der Waals surface area contributed by atoms with E-state index in [1.165, 1.54) is 0 Å². The lowest BCUT2D eigenvalue weighted by Gasteiger charge is -2.39. The summed E-state index contributed by atoms with van der Waals surface area (Å²) in [5.74, 6) is 0.335. The first-order valence-corrected chi connectivity index (χ1v) is 6.14. The van der Waals surface area contributed by atoms with Gasteiger partial charge >= 0.3 is 0 Å². The Hall–Kier alpha value is -0.450. The molecule has 0 amide bonds. The quantitative estimate of drug-likeness (QED) is 0.760. The van der Waals surface area contributed by atoms with Crippen LogP contribution in [0.15, 0.2) is 0 Å². The minimum absolute atomic E-state index is 0.115. The van der Waals surface area contributed by atoms with E-state index >= 15 is 0 Å². The summed E-state index contributed by atoms with van der Waals surface area (Å²) in [4.78, 5) is 14.6. The van der Waals surface area contributed by atoms with Crippen molar-refractivity contribution >= 4 is 5.78 Å². The van der Waals surface area contributed by atoms with Crippen LogP contribution in [0.4, 0.5) is 0 Å². The molecule has 2 saturated heterocycles. The van der Waals surface area contributed by atoms with E-state index < -0.39 is 5.54 Å². The summed E-state index contributed by atoms with van der Waals surface area (Å²) < 4.78 is 5.19. The molecule has 16 heavy (non-hydrogen) atoms. The van der Waals surface area contributed by atoms with Crippen LogP contribution in [0.2, 0.25) is 0 Å². The number of ether oxygens (including phenoxy) is 1. The first-order chi connectivity index (χ1) is 7.74. The fourth-order valence-electron chi connectivity index (χ4n) is 3.16. The normalized spacial score (nSPS) is 39.5. The molecule has 92 valence electrons. The van der Waals surface area contributed by atoms with Gasteiger partial charge in [0.15, 0.2) is 5.78 Å². The van der Waals surface area contributed by atoms with Gasteiger partial charge < -0.3 is 9.84 Å². The number of aliphatic hydroxyl groups is 1. The first kappa shape index (κ1) is 12.0. The molecule has 2 heterocycles.